The highest BCUT2D eigenvalue weighted by atomic mass is 32.2. The molecule has 4 heteroatoms. The van der Waals surface area contributed by atoms with Crippen LogP contribution < -0.4 is 0 Å². The van der Waals surface area contributed by atoms with E-state index in [1.807, 2.05) is 60.7 Å². The molecule has 1 heterocycles. The molecule has 94 valence electrons. The molecule has 0 fully saturated rings. The van der Waals surface area contributed by atoms with Gasteiger partial charge in [-0.05, 0) is 23.8 Å². The van der Waals surface area contributed by atoms with E-state index >= 15 is 0 Å². The number of thiazole rings is 1. The lowest BCUT2D eigenvalue weighted by Gasteiger charge is -1.91. The van der Waals surface area contributed by atoms with Gasteiger partial charge in [-0.2, -0.15) is 0 Å². The van der Waals surface area contributed by atoms with Crippen LogP contribution in [0.5, 0.6) is 0 Å². The molecule has 1 aromatic heterocycles. The van der Waals surface area contributed by atoms with Crippen molar-refractivity contribution in [3.05, 3.63) is 65.6 Å². The van der Waals surface area contributed by atoms with Crippen LogP contribution in [0.1, 0.15) is 5.56 Å². The highest BCUT2D eigenvalue weighted by Crippen LogP contribution is 2.24. The Morgan fingerprint density at radius 3 is 2.53 bits per heavy atom. The fourth-order valence-electron chi connectivity index (χ4n) is 1.70. The zero-order valence-corrected chi connectivity index (χ0v) is 11.7. The van der Waals surface area contributed by atoms with Gasteiger partial charge in [0.1, 0.15) is 10.8 Å². The van der Waals surface area contributed by atoms with Crippen molar-refractivity contribution in [2.24, 2.45) is 0 Å². The maximum absolute atomic E-state index is 12.2. The van der Waals surface area contributed by atoms with Crippen LogP contribution in [0.25, 0.3) is 16.3 Å². The van der Waals surface area contributed by atoms with Crippen molar-refractivity contribution in [2.45, 2.75) is 4.34 Å². The molecule has 2 aromatic carbocycles. The molecular formula is C15H11NOS2. The Bertz CT molecular complexity index is 714. The molecule has 19 heavy (non-hydrogen) atoms. The summed E-state index contributed by atoms with van der Waals surface area (Å²) < 4.78 is 13.9. The SMILES string of the molecule is O=S(/C=C\c1ccccc1)c1nc2ccccc2s1. The molecule has 3 aromatic rings. The fraction of sp³-hybridized carbons (Fsp3) is 0. The van der Waals surface area contributed by atoms with Gasteiger partial charge in [0.15, 0.2) is 4.34 Å². The Hall–Kier alpha value is -1.78. The minimum Gasteiger partial charge on any atom is -0.247 e. The lowest BCUT2D eigenvalue weighted by molar-refractivity contribution is 0.688. The van der Waals surface area contributed by atoms with Gasteiger partial charge in [-0.3, -0.25) is 0 Å². The molecule has 0 aliphatic heterocycles. The van der Waals surface area contributed by atoms with E-state index in [-0.39, 0.29) is 0 Å². The molecule has 0 saturated heterocycles. The molecule has 0 N–H and O–H groups in total. The highest BCUT2D eigenvalue weighted by molar-refractivity contribution is 7.90. The second-order valence-electron chi connectivity index (χ2n) is 3.96. The third kappa shape index (κ3) is 2.80. The number of para-hydroxylation sites is 1. The summed E-state index contributed by atoms with van der Waals surface area (Å²) in [5.74, 6) is 0. The van der Waals surface area contributed by atoms with Crippen LogP contribution in [-0.4, -0.2) is 9.19 Å². The van der Waals surface area contributed by atoms with Crippen molar-refractivity contribution in [2.75, 3.05) is 0 Å². The van der Waals surface area contributed by atoms with Gasteiger partial charge < -0.3 is 0 Å². The second-order valence-corrected chi connectivity index (χ2v) is 6.50. The van der Waals surface area contributed by atoms with Crippen molar-refractivity contribution < 1.29 is 4.21 Å². The topological polar surface area (TPSA) is 30.0 Å². The summed E-state index contributed by atoms with van der Waals surface area (Å²) >= 11 is 1.48. The molecule has 0 radical (unpaired) electrons. The van der Waals surface area contributed by atoms with Crippen LogP contribution in [0.4, 0.5) is 0 Å². The van der Waals surface area contributed by atoms with Crippen LogP contribution in [0.2, 0.25) is 0 Å². The van der Waals surface area contributed by atoms with Crippen molar-refractivity contribution in [3.63, 3.8) is 0 Å². The largest absolute Gasteiger partial charge is 0.247 e. The normalized spacial score (nSPS) is 13.1. The van der Waals surface area contributed by atoms with Crippen LogP contribution in [0.3, 0.4) is 0 Å². The Kier molecular flexibility index (Phi) is 3.53. The van der Waals surface area contributed by atoms with Gasteiger partial charge in [-0.15, -0.1) is 11.3 Å². The maximum Gasteiger partial charge on any atom is 0.186 e. The fourth-order valence-corrected chi connectivity index (χ4v) is 3.75. The average molecular weight is 285 g/mol. The van der Waals surface area contributed by atoms with E-state index in [1.165, 1.54) is 11.3 Å². The average Bonchev–Trinajstić information content (AvgIpc) is 2.90. The lowest BCUT2D eigenvalue weighted by Crippen LogP contribution is -1.84. The molecule has 0 saturated carbocycles. The lowest BCUT2D eigenvalue weighted by atomic mass is 10.2. The molecule has 3 rings (SSSR count). The van der Waals surface area contributed by atoms with Gasteiger partial charge >= 0.3 is 0 Å². The van der Waals surface area contributed by atoms with E-state index in [9.17, 15) is 4.21 Å². The Morgan fingerprint density at radius 2 is 1.74 bits per heavy atom. The summed E-state index contributed by atoms with van der Waals surface area (Å²) in [6.07, 6.45) is 1.86. The van der Waals surface area contributed by atoms with E-state index in [4.69, 9.17) is 0 Å². The number of aromatic nitrogens is 1. The minimum atomic E-state index is -1.19. The van der Waals surface area contributed by atoms with Gasteiger partial charge in [0.2, 0.25) is 0 Å². The van der Waals surface area contributed by atoms with Crippen molar-refractivity contribution in [1.29, 1.82) is 0 Å². The van der Waals surface area contributed by atoms with Crippen molar-refractivity contribution in [1.82, 2.24) is 4.98 Å². The molecule has 0 spiro atoms. The number of hydrogen-bond donors (Lipinski definition) is 0. The first-order valence-electron chi connectivity index (χ1n) is 5.82. The zero-order chi connectivity index (χ0) is 13.1. The third-order valence-corrected chi connectivity index (χ3v) is 5.02. The predicted octanol–water partition coefficient (Wildman–Crippen LogP) is 4.07. The van der Waals surface area contributed by atoms with Crippen LogP contribution >= 0.6 is 11.3 Å². The first-order valence-corrected chi connectivity index (χ1v) is 7.85. The Morgan fingerprint density at radius 1 is 1.00 bits per heavy atom. The van der Waals surface area contributed by atoms with E-state index in [2.05, 4.69) is 4.98 Å². The standard InChI is InChI=1S/C15H11NOS2/c17-19(11-10-12-6-2-1-3-7-12)15-16-13-8-4-5-9-14(13)18-15/h1-11H/b11-10-. The summed E-state index contributed by atoms with van der Waals surface area (Å²) in [7, 11) is -1.19. The number of benzene rings is 2. The molecular weight excluding hydrogens is 274 g/mol. The Balaban J connectivity index is 1.86. The maximum atomic E-state index is 12.2. The number of hydrogen-bond acceptors (Lipinski definition) is 3. The molecule has 0 bridgehead atoms. The van der Waals surface area contributed by atoms with Gasteiger partial charge in [0, 0.05) is 5.41 Å². The number of rotatable bonds is 3. The summed E-state index contributed by atoms with van der Waals surface area (Å²) in [5.41, 5.74) is 1.95. The first kappa shape index (κ1) is 12.3. The molecule has 0 aliphatic carbocycles. The van der Waals surface area contributed by atoms with E-state index in [1.54, 1.807) is 5.41 Å². The van der Waals surface area contributed by atoms with Crippen molar-refractivity contribution >= 4 is 38.4 Å². The first-order chi connectivity index (χ1) is 9.33. The number of nitrogens with zero attached hydrogens (tertiary/aromatic N) is 1. The number of fused-ring (bicyclic) bond motifs is 1. The molecule has 0 amide bonds. The molecule has 2 nitrogen and oxygen atoms in total. The summed E-state index contributed by atoms with van der Waals surface area (Å²) in [4.78, 5) is 4.39. The predicted molar refractivity (Wildman–Crippen MR) is 81.5 cm³/mol. The second kappa shape index (κ2) is 5.47. The van der Waals surface area contributed by atoms with Gasteiger partial charge in [-0.25, -0.2) is 9.19 Å². The van der Waals surface area contributed by atoms with E-state index in [0.29, 0.717) is 4.34 Å². The van der Waals surface area contributed by atoms with Crippen molar-refractivity contribution in [3.8, 4) is 0 Å². The summed E-state index contributed by atoms with van der Waals surface area (Å²) in [6, 6.07) is 17.7. The highest BCUT2D eigenvalue weighted by Gasteiger charge is 2.07. The van der Waals surface area contributed by atoms with Crippen LogP contribution in [0, 0.1) is 0 Å². The van der Waals surface area contributed by atoms with Crippen LogP contribution in [0.15, 0.2) is 64.3 Å². The summed E-state index contributed by atoms with van der Waals surface area (Å²) in [5, 5.41) is 1.69. The smallest absolute Gasteiger partial charge is 0.186 e. The van der Waals surface area contributed by atoms with Gasteiger partial charge in [-0.1, -0.05) is 42.5 Å². The minimum absolute atomic E-state index is 0.647. The van der Waals surface area contributed by atoms with Gasteiger partial charge in [0.25, 0.3) is 0 Å². The van der Waals surface area contributed by atoms with E-state index in [0.717, 1.165) is 15.8 Å². The van der Waals surface area contributed by atoms with E-state index < -0.39 is 10.8 Å². The molecule has 1 atom stereocenters. The zero-order valence-electron chi connectivity index (χ0n) is 10.0. The van der Waals surface area contributed by atoms with Crippen LogP contribution in [-0.2, 0) is 10.8 Å². The summed E-state index contributed by atoms with van der Waals surface area (Å²) in [6.45, 7) is 0. The monoisotopic (exact) mass is 285 g/mol. The molecule has 1 unspecified atom stereocenters. The quantitative estimate of drug-likeness (QED) is 0.726. The Labute approximate surface area is 117 Å². The van der Waals surface area contributed by atoms with Gasteiger partial charge in [0.05, 0.1) is 10.2 Å². The molecule has 0 aliphatic rings. The third-order valence-electron chi connectivity index (χ3n) is 2.63.